The van der Waals surface area contributed by atoms with Gasteiger partial charge in [0.1, 0.15) is 134 Å². The predicted molar refractivity (Wildman–Crippen MR) is 225 cm³/mol. The zero-order valence-corrected chi connectivity index (χ0v) is 39.0. The van der Waals surface area contributed by atoms with Gasteiger partial charge >= 0.3 is 0 Å². The highest BCUT2D eigenvalue weighted by Gasteiger charge is 2.58. The number of hydrogen-bond acceptors (Lipinski definition) is 31. The van der Waals surface area contributed by atoms with Gasteiger partial charge in [0.25, 0.3) is 0 Å². The monoisotopic (exact) mass is 1060 g/mol. The van der Waals surface area contributed by atoms with Gasteiger partial charge in [0, 0.05) is 5.92 Å². The summed E-state index contributed by atoms with van der Waals surface area (Å²) in [5.74, 6) is -0.836. The van der Waals surface area contributed by atoms with Gasteiger partial charge in [-0.15, -0.1) is 0 Å². The Balaban J connectivity index is 1.39. The summed E-state index contributed by atoms with van der Waals surface area (Å²) >= 11 is 4.18. The van der Waals surface area contributed by atoms with E-state index in [1.807, 2.05) is 0 Å². The summed E-state index contributed by atoms with van der Waals surface area (Å²) in [4.78, 5) is 0. The summed E-state index contributed by atoms with van der Waals surface area (Å²) in [6, 6.07) is 0. The SMILES string of the molecule is CC1[C@H](OC2[C@H](O[C@@H]3C(CO[C@@H]4OC(CO)[C@@H](O)[C@H](O)C4O[C@@H]4OC(CO)[C@@H](O)[C@H](O)C4O)O[C@H](OCCCS)C(O)[C@H]3O[C@@H]3OC(CO)[C@@H](O)[C@H](O)C3O)OC(CO)[C@@H](O)[C@@H]2O)OC(CO)[C@@H](O)[C@@H]1O. The molecule has 0 amide bonds. The number of thiol groups is 1. The summed E-state index contributed by atoms with van der Waals surface area (Å²) < 4.78 is 70.9. The minimum atomic E-state index is -2.11. The Morgan fingerprint density at radius 3 is 1.18 bits per heavy atom. The Morgan fingerprint density at radius 1 is 0.338 bits per heavy atom. The van der Waals surface area contributed by atoms with Gasteiger partial charge in [-0.25, -0.2) is 0 Å². The second kappa shape index (κ2) is 26.5. The zero-order chi connectivity index (χ0) is 52.2. The minimum absolute atomic E-state index is 0.140. The number of ether oxygens (including phenoxy) is 12. The van der Waals surface area contributed by atoms with E-state index in [4.69, 9.17) is 56.8 Å². The smallest absolute Gasteiger partial charge is 0.187 e. The summed E-state index contributed by atoms with van der Waals surface area (Å²) in [5.41, 5.74) is 0. The van der Waals surface area contributed by atoms with Crippen molar-refractivity contribution in [2.75, 3.05) is 52.0 Å². The van der Waals surface area contributed by atoms with Crippen LogP contribution in [-0.4, -0.2) is 322 Å². The topological polar surface area (TPSA) is 475 Å². The van der Waals surface area contributed by atoms with Crippen LogP contribution >= 0.6 is 12.6 Å². The lowest BCUT2D eigenvalue weighted by Gasteiger charge is -2.50. The fourth-order valence-corrected chi connectivity index (χ4v) is 9.07. The zero-order valence-electron chi connectivity index (χ0n) is 38.1. The quantitative estimate of drug-likeness (QED) is 0.0398. The molecule has 6 fully saturated rings. The van der Waals surface area contributed by atoms with E-state index < -0.39 is 224 Å². The molecule has 6 aliphatic heterocycles. The molecule has 0 aromatic heterocycles. The molecular formula is C40H70O30S. The highest BCUT2D eigenvalue weighted by molar-refractivity contribution is 7.80. The van der Waals surface area contributed by atoms with Crippen LogP contribution in [0.3, 0.4) is 0 Å². The van der Waals surface area contributed by atoms with Gasteiger partial charge in [-0.2, -0.15) is 12.6 Å². The summed E-state index contributed by atoms with van der Waals surface area (Å²) in [6.45, 7) is -4.17. The molecule has 0 saturated carbocycles. The molecule has 30 nitrogen and oxygen atoms in total. The van der Waals surface area contributed by atoms with E-state index in [9.17, 15) is 91.9 Å². The van der Waals surface area contributed by atoms with Crippen molar-refractivity contribution < 1.29 is 149 Å². The second-order valence-electron chi connectivity index (χ2n) is 18.1. The molecule has 30 atom stereocenters. The predicted octanol–water partition coefficient (Wildman–Crippen LogP) is -11.5. The highest BCUT2D eigenvalue weighted by Crippen LogP contribution is 2.38. The summed E-state index contributed by atoms with van der Waals surface area (Å²) in [6.07, 6.45) is -53.3. The molecule has 416 valence electrons. The van der Waals surface area contributed by atoms with Crippen LogP contribution in [0, 0.1) is 5.92 Å². The van der Waals surface area contributed by atoms with E-state index in [0.29, 0.717) is 0 Å². The van der Waals surface area contributed by atoms with Crippen LogP contribution in [-0.2, 0) is 56.8 Å². The van der Waals surface area contributed by atoms with Gasteiger partial charge in [-0.05, 0) is 12.2 Å². The van der Waals surface area contributed by atoms with Crippen molar-refractivity contribution in [3.05, 3.63) is 0 Å². The highest BCUT2D eigenvalue weighted by atomic mass is 32.1. The molecule has 0 aromatic rings. The Hall–Kier alpha value is -0.850. The molecule has 6 heterocycles. The molecule has 71 heavy (non-hydrogen) atoms. The molecule has 0 bridgehead atoms. The average Bonchev–Trinajstić information content (AvgIpc) is 3.36. The normalized spacial score (nSPS) is 51.0. The van der Waals surface area contributed by atoms with Crippen molar-refractivity contribution in [2.24, 2.45) is 5.92 Å². The van der Waals surface area contributed by atoms with E-state index >= 15 is 0 Å². The van der Waals surface area contributed by atoms with E-state index in [0.717, 1.165) is 0 Å². The number of hydrogen-bond donors (Lipinski definition) is 19. The summed E-state index contributed by atoms with van der Waals surface area (Å²) in [5, 5.41) is 192. The van der Waals surface area contributed by atoms with Gasteiger partial charge in [-0.1, -0.05) is 6.92 Å². The van der Waals surface area contributed by atoms with Crippen molar-refractivity contribution in [2.45, 2.75) is 191 Å². The van der Waals surface area contributed by atoms with Gasteiger partial charge in [0.2, 0.25) is 0 Å². The number of aliphatic hydroxyl groups is 18. The van der Waals surface area contributed by atoms with Crippen LogP contribution in [0.15, 0.2) is 0 Å². The van der Waals surface area contributed by atoms with Crippen LogP contribution in [0.5, 0.6) is 0 Å². The van der Waals surface area contributed by atoms with Crippen molar-refractivity contribution >= 4 is 12.6 Å². The van der Waals surface area contributed by atoms with Crippen LogP contribution in [0.2, 0.25) is 0 Å². The van der Waals surface area contributed by atoms with Crippen LogP contribution in [0.25, 0.3) is 0 Å². The summed E-state index contributed by atoms with van der Waals surface area (Å²) in [7, 11) is 0. The van der Waals surface area contributed by atoms with Crippen LogP contribution in [0.1, 0.15) is 13.3 Å². The maximum absolute atomic E-state index is 12.0. The first-order valence-corrected chi connectivity index (χ1v) is 23.7. The standard InChI is InChI=1S/C40H70O30S/c1-11-18(46)19(47)12(5-41)61-35(11)69-34-27(55)23(51)16(9-45)65-40(34)67-31-17(66-36(59-3-2-4-71)30(58)32(31)68-37-28(56)24(52)20(48)13(6-42)62-37)10-60-39-33(26(54)22(50)15(8-44)64-39)70-38-29(57)25(53)21(49)14(7-43)63-38/h11-58,71H,2-10H2,1H3/t11?,12?,13?,14?,15?,16?,17?,18-,19-,20-,21-,22-,23-,24+,25+,26+,27+,28?,29?,30?,31-,32-,33?,34?,35+,36+,37+,38+,39-,40+/m1/s1. The molecule has 12 unspecified atom stereocenters. The lowest BCUT2D eigenvalue weighted by molar-refractivity contribution is -0.404. The third kappa shape index (κ3) is 13.0. The first-order chi connectivity index (χ1) is 33.8. The van der Waals surface area contributed by atoms with Crippen molar-refractivity contribution in [1.29, 1.82) is 0 Å². The van der Waals surface area contributed by atoms with Gasteiger partial charge in [-0.3, -0.25) is 0 Å². The lowest BCUT2D eigenvalue weighted by Crippen LogP contribution is -2.68. The largest absolute Gasteiger partial charge is 0.394 e. The van der Waals surface area contributed by atoms with Crippen molar-refractivity contribution in [3.63, 3.8) is 0 Å². The number of rotatable bonds is 20. The van der Waals surface area contributed by atoms with E-state index in [1.165, 1.54) is 6.92 Å². The molecule has 6 aliphatic rings. The molecule has 0 radical (unpaired) electrons. The molecular weight excluding hydrogens is 992 g/mol. The Morgan fingerprint density at radius 2 is 0.704 bits per heavy atom. The van der Waals surface area contributed by atoms with Crippen LogP contribution in [0.4, 0.5) is 0 Å². The fraction of sp³-hybridized carbons (Fsp3) is 1.00. The molecule has 0 spiro atoms. The Bertz CT molecular complexity index is 1580. The molecule has 0 aromatic carbocycles. The first-order valence-electron chi connectivity index (χ1n) is 23.0. The van der Waals surface area contributed by atoms with E-state index in [2.05, 4.69) is 12.6 Å². The van der Waals surface area contributed by atoms with Gasteiger partial charge in [0.15, 0.2) is 37.7 Å². The molecule has 18 N–H and O–H groups in total. The van der Waals surface area contributed by atoms with E-state index in [1.54, 1.807) is 0 Å². The van der Waals surface area contributed by atoms with Gasteiger partial charge in [0.05, 0.1) is 52.4 Å². The molecule has 31 heteroatoms. The maximum atomic E-state index is 12.0. The maximum Gasteiger partial charge on any atom is 0.187 e. The first kappa shape index (κ1) is 59.4. The molecule has 6 saturated heterocycles. The molecule has 0 aliphatic carbocycles. The van der Waals surface area contributed by atoms with Crippen molar-refractivity contribution in [3.8, 4) is 0 Å². The van der Waals surface area contributed by atoms with Crippen LogP contribution < -0.4 is 0 Å². The Kier molecular flexibility index (Phi) is 22.1. The van der Waals surface area contributed by atoms with E-state index in [-0.39, 0.29) is 18.8 Å². The third-order valence-corrected chi connectivity index (χ3v) is 13.6. The molecule has 6 rings (SSSR count). The van der Waals surface area contributed by atoms with Crippen molar-refractivity contribution in [1.82, 2.24) is 0 Å². The minimum Gasteiger partial charge on any atom is -0.394 e. The third-order valence-electron chi connectivity index (χ3n) is 13.3. The average molecular weight is 1060 g/mol. The second-order valence-corrected chi connectivity index (χ2v) is 18.5. The van der Waals surface area contributed by atoms with Gasteiger partial charge < -0.3 is 149 Å². The Labute approximate surface area is 410 Å². The number of aliphatic hydroxyl groups excluding tert-OH is 18. The fourth-order valence-electron chi connectivity index (χ4n) is 8.94. The lowest BCUT2D eigenvalue weighted by atomic mass is 9.92.